The van der Waals surface area contributed by atoms with E-state index in [-0.39, 0.29) is 17.4 Å². The molecule has 0 bridgehead atoms. The average molecular weight is 497 g/mol. The first-order valence-corrected chi connectivity index (χ1v) is 10.3. The monoisotopic (exact) mass is 497 g/mol. The minimum absolute atomic E-state index is 0.0265. The van der Waals surface area contributed by atoms with Crippen molar-refractivity contribution in [1.29, 1.82) is 0 Å². The molecule has 188 valence electrons. The predicted molar refractivity (Wildman–Crippen MR) is 116 cm³/mol. The lowest BCUT2D eigenvalue weighted by atomic mass is 10.1. The maximum atomic E-state index is 13.7. The van der Waals surface area contributed by atoms with Crippen LogP contribution in [0.1, 0.15) is 52.9 Å². The molecule has 1 heterocycles. The first kappa shape index (κ1) is 26.0. The molecule has 8 nitrogen and oxygen atoms in total. The number of amides is 1. The van der Waals surface area contributed by atoms with E-state index >= 15 is 0 Å². The van der Waals surface area contributed by atoms with Crippen LogP contribution in [0, 0.1) is 0 Å². The second-order valence-electron chi connectivity index (χ2n) is 7.39. The van der Waals surface area contributed by atoms with Gasteiger partial charge in [0.05, 0.1) is 6.04 Å². The maximum absolute atomic E-state index is 13.7. The number of carbonyl (C=O) groups excluding carboxylic acids is 1. The summed E-state index contributed by atoms with van der Waals surface area (Å²) in [4.78, 5) is 13.1. The van der Waals surface area contributed by atoms with Gasteiger partial charge in [0, 0.05) is 25.8 Å². The number of halogens is 4. The highest BCUT2D eigenvalue weighted by Crippen LogP contribution is 2.34. The lowest BCUT2D eigenvalue weighted by Crippen LogP contribution is -2.27. The molecule has 2 unspecified atom stereocenters. The summed E-state index contributed by atoms with van der Waals surface area (Å²) in [5.41, 5.74) is -0.172. The number of ether oxygens (including phenoxy) is 3. The van der Waals surface area contributed by atoms with Gasteiger partial charge in [0.25, 0.3) is 12.3 Å². The van der Waals surface area contributed by atoms with Gasteiger partial charge in [-0.2, -0.15) is 13.9 Å². The van der Waals surface area contributed by atoms with Gasteiger partial charge in [0.2, 0.25) is 5.88 Å². The molecule has 35 heavy (non-hydrogen) atoms. The van der Waals surface area contributed by atoms with Crippen molar-refractivity contribution in [1.82, 2.24) is 15.1 Å². The molecule has 0 fully saturated rings. The molecule has 1 aromatic heterocycles. The van der Waals surface area contributed by atoms with Crippen LogP contribution in [0.25, 0.3) is 0 Å². The zero-order valence-corrected chi connectivity index (χ0v) is 18.9. The van der Waals surface area contributed by atoms with E-state index in [2.05, 4.69) is 15.2 Å². The summed E-state index contributed by atoms with van der Waals surface area (Å²) in [5.74, 6) is -1.42. The Labute approximate surface area is 198 Å². The fourth-order valence-corrected chi connectivity index (χ4v) is 3.27. The van der Waals surface area contributed by atoms with Crippen molar-refractivity contribution in [2.75, 3.05) is 7.11 Å². The van der Waals surface area contributed by atoms with Crippen LogP contribution in [0.3, 0.4) is 0 Å². The number of alkyl halides is 4. The zero-order valence-electron chi connectivity index (χ0n) is 18.9. The number of aliphatic hydroxyl groups is 1. The molecule has 0 radical (unpaired) electrons. The predicted octanol–water partition coefficient (Wildman–Crippen LogP) is 4.88. The van der Waals surface area contributed by atoms with Gasteiger partial charge in [-0.3, -0.25) is 4.79 Å². The third-order valence-corrected chi connectivity index (χ3v) is 4.99. The first-order valence-electron chi connectivity index (χ1n) is 10.3. The third-order valence-electron chi connectivity index (χ3n) is 4.99. The molecule has 3 aromatic rings. The Morgan fingerprint density at radius 1 is 1.06 bits per heavy atom. The average Bonchev–Trinajstić information content (AvgIpc) is 3.14. The second kappa shape index (κ2) is 11.2. The van der Waals surface area contributed by atoms with Gasteiger partial charge >= 0.3 is 6.61 Å². The smallest absolute Gasteiger partial charge is 0.387 e. The summed E-state index contributed by atoms with van der Waals surface area (Å²) in [7, 11) is 2.65. The summed E-state index contributed by atoms with van der Waals surface area (Å²) in [5, 5.41) is 16.0. The zero-order chi connectivity index (χ0) is 25.7. The summed E-state index contributed by atoms with van der Waals surface area (Å²) in [6.45, 7) is -1.42. The molecular weight excluding hydrogens is 474 g/mol. The minimum atomic E-state index is -3.09. The Balaban J connectivity index is 1.87. The van der Waals surface area contributed by atoms with Crippen LogP contribution in [0.5, 0.6) is 17.4 Å². The number of hydrogen-bond donors (Lipinski definition) is 2. The molecular formula is C23H23F4N3O5. The molecule has 2 N–H and O–H groups in total. The van der Waals surface area contributed by atoms with Crippen LogP contribution in [0.2, 0.25) is 0 Å². The number of aromatic nitrogens is 2. The molecule has 0 aliphatic heterocycles. The van der Waals surface area contributed by atoms with Crippen LogP contribution in [0.4, 0.5) is 17.6 Å². The van der Waals surface area contributed by atoms with Gasteiger partial charge in [-0.05, 0) is 24.6 Å². The number of nitrogens with zero attached hydrogens (tertiary/aromatic N) is 2. The molecule has 1 amide bonds. The van der Waals surface area contributed by atoms with Gasteiger partial charge in [-0.15, -0.1) is 0 Å². The van der Waals surface area contributed by atoms with Gasteiger partial charge in [-0.25, -0.2) is 13.5 Å². The number of hydrogen-bond acceptors (Lipinski definition) is 6. The number of nitrogens with one attached hydrogen (secondary N) is 1. The van der Waals surface area contributed by atoms with E-state index in [1.807, 2.05) is 0 Å². The van der Waals surface area contributed by atoms with Crippen molar-refractivity contribution >= 4 is 5.91 Å². The van der Waals surface area contributed by atoms with E-state index in [0.29, 0.717) is 11.1 Å². The number of benzene rings is 2. The number of carbonyl (C=O) groups is 1. The summed E-state index contributed by atoms with van der Waals surface area (Å²) >= 11 is 0. The van der Waals surface area contributed by atoms with Crippen molar-refractivity contribution in [3.05, 3.63) is 70.9 Å². The summed E-state index contributed by atoms with van der Waals surface area (Å²) in [6, 6.07) is 11.0. The largest absolute Gasteiger partial charge is 0.438 e. The van der Waals surface area contributed by atoms with E-state index in [1.165, 1.54) is 32.4 Å². The van der Waals surface area contributed by atoms with Crippen LogP contribution in [-0.2, 0) is 11.8 Å². The van der Waals surface area contributed by atoms with Gasteiger partial charge in [-0.1, -0.05) is 30.3 Å². The van der Waals surface area contributed by atoms with E-state index in [1.54, 1.807) is 31.2 Å². The molecule has 0 aliphatic carbocycles. The molecule has 2 aromatic carbocycles. The van der Waals surface area contributed by atoms with Crippen molar-refractivity contribution in [3.8, 4) is 17.4 Å². The Morgan fingerprint density at radius 2 is 1.69 bits per heavy atom. The summed E-state index contributed by atoms with van der Waals surface area (Å²) in [6.07, 6.45) is -4.19. The molecule has 3 rings (SSSR count). The molecule has 0 aliphatic rings. The van der Waals surface area contributed by atoms with E-state index < -0.39 is 42.5 Å². The molecule has 0 saturated carbocycles. The molecule has 0 saturated heterocycles. The highest BCUT2D eigenvalue weighted by atomic mass is 19.3. The highest BCUT2D eigenvalue weighted by Gasteiger charge is 2.30. The Kier molecular flexibility index (Phi) is 8.30. The fraction of sp³-hybridized carbons (Fsp3) is 0.304. The lowest BCUT2D eigenvalue weighted by molar-refractivity contribution is -0.0769. The number of aliphatic hydroxyl groups excluding tert-OH is 1. The third kappa shape index (κ3) is 6.28. The Hall–Kier alpha value is -3.64. The van der Waals surface area contributed by atoms with Crippen LogP contribution >= 0.6 is 0 Å². The first-order chi connectivity index (χ1) is 16.6. The van der Waals surface area contributed by atoms with Crippen LogP contribution < -0.4 is 14.8 Å². The van der Waals surface area contributed by atoms with Crippen molar-refractivity contribution < 1.29 is 41.7 Å². The number of rotatable bonds is 10. The normalized spacial score (nSPS) is 13.1. The second-order valence-corrected chi connectivity index (χ2v) is 7.39. The lowest BCUT2D eigenvalue weighted by Gasteiger charge is -2.17. The highest BCUT2D eigenvalue weighted by molar-refractivity contribution is 5.98. The Bertz CT molecular complexity index is 1150. The minimum Gasteiger partial charge on any atom is -0.438 e. The van der Waals surface area contributed by atoms with Crippen molar-refractivity contribution in [2.45, 2.75) is 32.3 Å². The SMILES string of the molecule is COC(O)c1ccc(C(C)NC(=O)c2c(C(F)F)nn(C)c2Oc2cccc(OC(F)F)c2)cc1. The topological polar surface area (TPSA) is 94.8 Å². The number of aryl methyl sites for hydroxylation is 1. The van der Waals surface area contributed by atoms with E-state index in [4.69, 9.17) is 9.47 Å². The van der Waals surface area contributed by atoms with Crippen LogP contribution in [0.15, 0.2) is 48.5 Å². The van der Waals surface area contributed by atoms with Crippen LogP contribution in [-0.4, -0.2) is 34.5 Å². The summed E-state index contributed by atoms with van der Waals surface area (Å²) < 4.78 is 68.1. The standard InChI is InChI=1S/C23H23F4N3O5/c1-12(13-7-9-14(10-8-13)22(32)33-3)28-20(31)17-18(19(24)25)29-30(2)21(17)34-15-5-4-6-16(11-15)35-23(26)27/h4-12,19,22-23,32H,1-3H3,(H,28,31). The van der Waals surface area contributed by atoms with Crippen molar-refractivity contribution in [2.24, 2.45) is 7.05 Å². The molecule has 12 heteroatoms. The quantitative estimate of drug-likeness (QED) is 0.306. The molecule has 2 atom stereocenters. The van der Waals surface area contributed by atoms with Gasteiger partial charge < -0.3 is 24.6 Å². The van der Waals surface area contributed by atoms with Gasteiger partial charge in [0.1, 0.15) is 22.8 Å². The Morgan fingerprint density at radius 3 is 2.29 bits per heavy atom. The number of methoxy groups -OCH3 is 1. The van der Waals surface area contributed by atoms with E-state index in [9.17, 15) is 27.5 Å². The van der Waals surface area contributed by atoms with Crippen molar-refractivity contribution in [3.63, 3.8) is 0 Å². The van der Waals surface area contributed by atoms with E-state index in [0.717, 1.165) is 10.7 Å². The fourth-order valence-electron chi connectivity index (χ4n) is 3.27. The maximum Gasteiger partial charge on any atom is 0.387 e. The van der Waals surface area contributed by atoms with Gasteiger partial charge in [0.15, 0.2) is 6.29 Å². The molecule has 0 spiro atoms.